The van der Waals surface area contributed by atoms with Gasteiger partial charge in [-0.1, -0.05) is 60.1 Å². The first-order valence-electron chi connectivity index (χ1n) is 10.5. The second kappa shape index (κ2) is 6.78. The molecule has 0 saturated carbocycles. The van der Waals surface area contributed by atoms with Crippen LogP contribution in [-0.2, 0) is 14.3 Å². The van der Waals surface area contributed by atoms with Crippen molar-refractivity contribution >= 4 is 35.1 Å². The predicted octanol–water partition coefficient (Wildman–Crippen LogP) is 4.52. The Kier molecular flexibility index (Phi) is 4.08. The van der Waals surface area contributed by atoms with Crippen LogP contribution in [0.2, 0.25) is 5.02 Å². The molecule has 158 valence electrons. The summed E-state index contributed by atoms with van der Waals surface area (Å²) in [6.45, 7) is 0. The third kappa shape index (κ3) is 2.37. The average molecular weight is 444 g/mol. The molecule has 1 aliphatic heterocycles. The van der Waals surface area contributed by atoms with Crippen LogP contribution < -0.4 is 4.90 Å². The van der Waals surface area contributed by atoms with Gasteiger partial charge in [0.15, 0.2) is 0 Å². The Bertz CT molecular complexity index is 1220. The van der Waals surface area contributed by atoms with Gasteiger partial charge >= 0.3 is 5.97 Å². The number of esters is 1. The van der Waals surface area contributed by atoms with Crippen LogP contribution in [0.4, 0.5) is 5.69 Å². The smallest absolute Gasteiger partial charge is 0.339 e. The summed E-state index contributed by atoms with van der Waals surface area (Å²) in [4.78, 5) is 40.9. The summed E-state index contributed by atoms with van der Waals surface area (Å²) in [7, 11) is 1.26. The fourth-order valence-corrected chi connectivity index (χ4v) is 6.05. The maximum Gasteiger partial charge on any atom is 0.339 e. The van der Waals surface area contributed by atoms with Crippen LogP contribution in [0.15, 0.2) is 66.7 Å². The van der Waals surface area contributed by atoms with E-state index in [0.717, 1.165) is 22.3 Å². The normalized spacial score (nSPS) is 24.8. The van der Waals surface area contributed by atoms with Crippen molar-refractivity contribution in [1.29, 1.82) is 0 Å². The summed E-state index contributed by atoms with van der Waals surface area (Å²) in [5, 5.41) is 0.206. The van der Waals surface area contributed by atoms with Crippen molar-refractivity contribution in [1.82, 2.24) is 0 Å². The van der Waals surface area contributed by atoms with Crippen LogP contribution in [0.5, 0.6) is 0 Å². The number of amides is 2. The molecule has 1 saturated heterocycles. The molecule has 0 spiro atoms. The number of hydrogen-bond acceptors (Lipinski definition) is 4. The monoisotopic (exact) mass is 443 g/mol. The van der Waals surface area contributed by atoms with Gasteiger partial charge in [-0.25, -0.2) is 9.69 Å². The zero-order valence-electron chi connectivity index (χ0n) is 17.1. The van der Waals surface area contributed by atoms with E-state index in [1.165, 1.54) is 24.1 Å². The largest absolute Gasteiger partial charge is 0.465 e. The van der Waals surface area contributed by atoms with Crippen LogP contribution in [0.3, 0.4) is 0 Å². The van der Waals surface area contributed by atoms with E-state index in [1.54, 1.807) is 6.07 Å². The van der Waals surface area contributed by atoms with E-state index in [9.17, 15) is 14.4 Å². The number of methoxy groups -OCH3 is 1. The van der Waals surface area contributed by atoms with E-state index >= 15 is 0 Å². The van der Waals surface area contributed by atoms with Crippen molar-refractivity contribution in [3.05, 3.63) is 99.6 Å². The fraction of sp³-hybridized carbons (Fsp3) is 0.192. The lowest BCUT2D eigenvalue weighted by Crippen LogP contribution is -2.41. The Morgan fingerprint density at radius 3 is 1.72 bits per heavy atom. The number of benzene rings is 3. The number of rotatable bonds is 2. The third-order valence-electron chi connectivity index (χ3n) is 7.06. The predicted molar refractivity (Wildman–Crippen MR) is 119 cm³/mol. The minimum atomic E-state index is -0.617. The molecule has 1 fully saturated rings. The number of carbonyl (C=O) groups excluding carboxylic acids is 3. The van der Waals surface area contributed by atoms with Gasteiger partial charge in [0.05, 0.1) is 35.2 Å². The first-order chi connectivity index (χ1) is 15.5. The standard InChI is InChI=1S/C26H18ClNO4/c1-32-26(31)18-12-13(10-11-19(18)27)28-24(29)22-20-14-6-2-3-7-15(14)21(23(22)25(28)30)17-9-5-4-8-16(17)20/h2-12,20-23H,1H3. The molecule has 1 heterocycles. The van der Waals surface area contributed by atoms with Gasteiger partial charge in [0, 0.05) is 11.8 Å². The van der Waals surface area contributed by atoms with E-state index < -0.39 is 17.8 Å². The van der Waals surface area contributed by atoms with Crippen molar-refractivity contribution in [2.75, 3.05) is 12.0 Å². The van der Waals surface area contributed by atoms with Crippen molar-refractivity contribution in [2.24, 2.45) is 11.8 Å². The van der Waals surface area contributed by atoms with Crippen LogP contribution in [0.1, 0.15) is 44.4 Å². The summed E-state index contributed by atoms with van der Waals surface area (Å²) < 4.78 is 4.80. The molecule has 0 radical (unpaired) electrons. The van der Waals surface area contributed by atoms with Gasteiger partial charge in [0.1, 0.15) is 0 Å². The van der Waals surface area contributed by atoms with Crippen LogP contribution >= 0.6 is 11.6 Å². The molecule has 6 heteroatoms. The molecule has 7 rings (SSSR count). The zero-order chi connectivity index (χ0) is 22.1. The maximum atomic E-state index is 13.8. The van der Waals surface area contributed by atoms with Gasteiger partial charge in [-0.05, 0) is 40.5 Å². The highest BCUT2D eigenvalue weighted by Gasteiger charge is 2.61. The second-order valence-electron chi connectivity index (χ2n) is 8.43. The minimum Gasteiger partial charge on any atom is -0.465 e. The maximum absolute atomic E-state index is 13.8. The van der Waals surface area contributed by atoms with Crippen molar-refractivity contribution < 1.29 is 19.1 Å². The first kappa shape index (κ1) is 19.3. The molecular weight excluding hydrogens is 426 g/mol. The molecule has 2 atom stereocenters. The molecule has 3 aromatic carbocycles. The van der Waals surface area contributed by atoms with E-state index in [2.05, 4.69) is 24.3 Å². The van der Waals surface area contributed by atoms with Crippen molar-refractivity contribution in [2.45, 2.75) is 11.8 Å². The highest BCUT2D eigenvalue weighted by molar-refractivity contribution is 6.34. The Morgan fingerprint density at radius 1 is 0.812 bits per heavy atom. The Balaban J connectivity index is 1.52. The number of ether oxygens (including phenoxy) is 1. The molecule has 4 aliphatic rings. The van der Waals surface area contributed by atoms with Gasteiger partial charge in [-0.2, -0.15) is 0 Å². The van der Waals surface area contributed by atoms with Crippen LogP contribution in [0.25, 0.3) is 0 Å². The summed E-state index contributed by atoms with van der Waals surface area (Å²) >= 11 is 6.16. The number of hydrogen-bond donors (Lipinski definition) is 0. The molecular formula is C26H18ClNO4. The molecule has 0 N–H and O–H groups in total. The minimum absolute atomic E-state index is 0.122. The van der Waals surface area contributed by atoms with E-state index in [0.29, 0.717) is 5.69 Å². The fourth-order valence-electron chi connectivity index (χ4n) is 5.85. The lowest BCUT2D eigenvalue weighted by atomic mass is 9.55. The van der Waals surface area contributed by atoms with Gasteiger partial charge in [-0.15, -0.1) is 0 Å². The first-order valence-corrected chi connectivity index (χ1v) is 10.8. The summed E-state index contributed by atoms with van der Waals surface area (Å²) in [5.41, 5.74) is 4.93. The average Bonchev–Trinajstić information content (AvgIpc) is 3.09. The highest BCUT2D eigenvalue weighted by atomic mass is 35.5. The molecule has 2 bridgehead atoms. The SMILES string of the molecule is COC(=O)c1cc(N2C(=O)C3C4c5ccccc5C(c5ccccc54)C3C2=O)ccc1Cl. The third-order valence-corrected chi connectivity index (χ3v) is 7.39. The molecule has 5 nitrogen and oxygen atoms in total. The van der Waals surface area contributed by atoms with Gasteiger partial charge < -0.3 is 4.74 Å². The number of anilines is 1. The molecule has 3 aliphatic carbocycles. The zero-order valence-corrected chi connectivity index (χ0v) is 17.9. The lowest BCUT2D eigenvalue weighted by molar-refractivity contribution is -0.122. The molecule has 0 aromatic heterocycles. The molecule has 32 heavy (non-hydrogen) atoms. The van der Waals surface area contributed by atoms with Crippen molar-refractivity contribution in [3.8, 4) is 0 Å². The number of halogens is 1. The quantitative estimate of drug-likeness (QED) is 0.431. The van der Waals surface area contributed by atoms with Crippen molar-refractivity contribution in [3.63, 3.8) is 0 Å². The molecule has 2 amide bonds. The topological polar surface area (TPSA) is 63.7 Å². The number of nitrogens with zero attached hydrogens (tertiary/aromatic N) is 1. The number of carbonyl (C=O) groups is 3. The van der Waals surface area contributed by atoms with Crippen LogP contribution in [-0.4, -0.2) is 24.9 Å². The summed E-state index contributed by atoms with van der Waals surface area (Å²) in [6.07, 6.45) is 0. The highest BCUT2D eigenvalue weighted by Crippen LogP contribution is 2.61. The van der Waals surface area contributed by atoms with E-state index in [4.69, 9.17) is 16.3 Å². The number of imide groups is 1. The van der Waals surface area contributed by atoms with E-state index in [1.807, 2.05) is 24.3 Å². The van der Waals surface area contributed by atoms with Gasteiger partial charge in [-0.3, -0.25) is 9.59 Å². The Hall–Kier alpha value is -3.44. The Labute approximate surface area is 189 Å². The summed E-state index contributed by atoms with van der Waals surface area (Å²) in [5.74, 6) is -2.40. The second-order valence-corrected chi connectivity index (χ2v) is 8.84. The molecule has 2 unspecified atom stereocenters. The lowest BCUT2D eigenvalue weighted by Gasteiger charge is -2.45. The summed E-state index contributed by atoms with van der Waals surface area (Å²) in [6, 6.07) is 20.8. The van der Waals surface area contributed by atoms with E-state index in [-0.39, 0.29) is 34.2 Å². The molecule has 3 aromatic rings. The Morgan fingerprint density at radius 2 is 1.28 bits per heavy atom. The van der Waals surface area contributed by atoms with Gasteiger partial charge in [0.2, 0.25) is 11.8 Å². The van der Waals surface area contributed by atoms with Crippen LogP contribution in [0, 0.1) is 11.8 Å². The van der Waals surface area contributed by atoms with Gasteiger partial charge in [0.25, 0.3) is 0 Å².